The second-order valence-corrected chi connectivity index (χ2v) is 6.04. The molecule has 3 amide bonds. The van der Waals surface area contributed by atoms with Crippen molar-refractivity contribution < 1.29 is 14.4 Å². The minimum Gasteiger partial charge on any atom is -0.376 e. The fourth-order valence-corrected chi connectivity index (χ4v) is 2.39. The molecule has 0 saturated carbocycles. The monoisotopic (exact) mass is 368 g/mol. The first-order chi connectivity index (χ1) is 13.0. The Balaban J connectivity index is 1.83. The summed E-state index contributed by atoms with van der Waals surface area (Å²) in [6, 6.07) is 14.1. The van der Waals surface area contributed by atoms with E-state index in [-0.39, 0.29) is 24.3 Å². The fraction of sp³-hybridized carbons (Fsp3) is 0.250. The molecule has 0 aromatic heterocycles. The predicted octanol–water partition coefficient (Wildman–Crippen LogP) is 3.43. The van der Waals surface area contributed by atoms with Crippen molar-refractivity contribution in [1.29, 1.82) is 0 Å². The van der Waals surface area contributed by atoms with Gasteiger partial charge >= 0.3 is 0 Å². The normalized spacial score (nSPS) is 10.0. The van der Waals surface area contributed by atoms with Gasteiger partial charge < -0.3 is 21.3 Å². The number of rotatable bonds is 8. The van der Waals surface area contributed by atoms with Crippen LogP contribution in [0.1, 0.15) is 26.7 Å². The molecule has 0 fully saturated rings. The van der Waals surface area contributed by atoms with Crippen LogP contribution in [0.15, 0.2) is 48.5 Å². The molecule has 2 aromatic rings. The molecule has 0 heterocycles. The summed E-state index contributed by atoms with van der Waals surface area (Å²) in [6.07, 6.45) is 1.27. The summed E-state index contributed by atoms with van der Waals surface area (Å²) < 4.78 is 0. The Kier molecular flexibility index (Phi) is 7.37. The minimum absolute atomic E-state index is 0.0278. The molecule has 0 spiro atoms. The highest BCUT2D eigenvalue weighted by molar-refractivity contribution is 5.95. The zero-order chi connectivity index (χ0) is 19.6. The molecule has 142 valence electrons. The Morgan fingerprint density at radius 1 is 0.778 bits per heavy atom. The van der Waals surface area contributed by atoms with Crippen LogP contribution in [0.4, 0.5) is 22.7 Å². The van der Waals surface area contributed by atoms with Crippen molar-refractivity contribution >= 4 is 40.5 Å². The SMILES string of the molecule is CCCC(=O)Nc1ccc(NC(=O)CNc2cccc(NC(C)=O)c2)cc1. The van der Waals surface area contributed by atoms with Gasteiger partial charge in [-0.2, -0.15) is 0 Å². The van der Waals surface area contributed by atoms with E-state index in [2.05, 4.69) is 21.3 Å². The van der Waals surface area contributed by atoms with Gasteiger partial charge in [-0.25, -0.2) is 0 Å². The van der Waals surface area contributed by atoms with Gasteiger partial charge in [0, 0.05) is 36.1 Å². The van der Waals surface area contributed by atoms with Gasteiger partial charge in [0.2, 0.25) is 17.7 Å². The van der Waals surface area contributed by atoms with Crippen LogP contribution in [-0.2, 0) is 14.4 Å². The highest BCUT2D eigenvalue weighted by Gasteiger charge is 2.05. The molecule has 0 radical (unpaired) electrons. The minimum atomic E-state index is -0.206. The molecule has 0 unspecified atom stereocenters. The van der Waals surface area contributed by atoms with Crippen molar-refractivity contribution in [2.45, 2.75) is 26.7 Å². The van der Waals surface area contributed by atoms with E-state index in [1.807, 2.05) is 13.0 Å². The zero-order valence-electron chi connectivity index (χ0n) is 15.5. The number of carbonyl (C=O) groups excluding carboxylic acids is 3. The van der Waals surface area contributed by atoms with Gasteiger partial charge in [-0.05, 0) is 48.9 Å². The van der Waals surface area contributed by atoms with E-state index >= 15 is 0 Å². The highest BCUT2D eigenvalue weighted by atomic mass is 16.2. The Morgan fingerprint density at radius 3 is 1.96 bits per heavy atom. The Hall–Kier alpha value is -3.35. The van der Waals surface area contributed by atoms with Gasteiger partial charge in [0.1, 0.15) is 0 Å². The first-order valence-corrected chi connectivity index (χ1v) is 8.77. The first kappa shape index (κ1) is 20.0. The summed E-state index contributed by atoms with van der Waals surface area (Å²) in [5.74, 6) is -0.387. The van der Waals surface area contributed by atoms with Crippen molar-refractivity contribution in [3.05, 3.63) is 48.5 Å². The summed E-state index contributed by atoms with van der Waals surface area (Å²) in [5, 5.41) is 11.3. The number of amides is 3. The maximum absolute atomic E-state index is 12.1. The quantitative estimate of drug-likeness (QED) is 0.573. The number of hydrogen-bond acceptors (Lipinski definition) is 4. The van der Waals surface area contributed by atoms with Crippen LogP contribution >= 0.6 is 0 Å². The molecule has 0 atom stereocenters. The lowest BCUT2D eigenvalue weighted by Crippen LogP contribution is -2.21. The fourth-order valence-electron chi connectivity index (χ4n) is 2.39. The number of benzene rings is 2. The second-order valence-electron chi connectivity index (χ2n) is 6.04. The second kappa shape index (κ2) is 9.96. The van der Waals surface area contributed by atoms with Crippen LogP contribution in [0.5, 0.6) is 0 Å². The average molecular weight is 368 g/mol. The topological polar surface area (TPSA) is 99.3 Å². The van der Waals surface area contributed by atoms with Gasteiger partial charge in [0.05, 0.1) is 6.54 Å². The van der Waals surface area contributed by atoms with Crippen LogP contribution in [0.25, 0.3) is 0 Å². The van der Waals surface area contributed by atoms with Crippen LogP contribution in [0.3, 0.4) is 0 Å². The molecule has 7 nitrogen and oxygen atoms in total. The smallest absolute Gasteiger partial charge is 0.243 e. The van der Waals surface area contributed by atoms with Crippen molar-refractivity contribution in [3.8, 4) is 0 Å². The number of nitrogens with one attached hydrogen (secondary N) is 4. The number of anilines is 4. The Bertz CT molecular complexity index is 803. The van der Waals surface area contributed by atoms with Crippen molar-refractivity contribution in [2.24, 2.45) is 0 Å². The van der Waals surface area contributed by atoms with E-state index in [9.17, 15) is 14.4 Å². The van der Waals surface area contributed by atoms with E-state index in [1.165, 1.54) is 6.92 Å². The molecular weight excluding hydrogens is 344 g/mol. The van der Waals surface area contributed by atoms with Crippen LogP contribution in [0, 0.1) is 0 Å². The maximum Gasteiger partial charge on any atom is 0.243 e. The molecule has 4 N–H and O–H groups in total. The molecule has 7 heteroatoms. The van der Waals surface area contributed by atoms with Gasteiger partial charge in [0.15, 0.2) is 0 Å². The predicted molar refractivity (Wildman–Crippen MR) is 108 cm³/mol. The summed E-state index contributed by atoms with van der Waals surface area (Å²) >= 11 is 0. The van der Waals surface area contributed by atoms with E-state index in [0.717, 1.165) is 12.1 Å². The number of hydrogen-bond donors (Lipinski definition) is 4. The van der Waals surface area contributed by atoms with E-state index in [0.29, 0.717) is 23.5 Å². The Labute approximate surface area is 158 Å². The Morgan fingerprint density at radius 2 is 1.37 bits per heavy atom. The largest absolute Gasteiger partial charge is 0.376 e. The van der Waals surface area contributed by atoms with E-state index in [4.69, 9.17) is 0 Å². The molecule has 0 aliphatic carbocycles. The molecule has 27 heavy (non-hydrogen) atoms. The molecule has 2 aromatic carbocycles. The van der Waals surface area contributed by atoms with Crippen molar-refractivity contribution in [2.75, 3.05) is 27.8 Å². The standard InChI is InChI=1S/C20H24N4O3/c1-3-5-19(26)23-15-8-10-16(11-9-15)24-20(27)13-21-17-6-4-7-18(12-17)22-14(2)25/h4,6-12,21H,3,5,13H2,1-2H3,(H,22,25)(H,23,26)(H,24,27). The zero-order valence-corrected chi connectivity index (χ0v) is 15.5. The summed E-state index contributed by atoms with van der Waals surface area (Å²) in [4.78, 5) is 34.7. The number of carbonyl (C=O) groups is 3. The van der Waals surface area contributed by atoms with Gasteiger partial charge in [0.25, 0.3) is 0 Å². The first-order valence-electron chi connectivity index (χ1n) is 8.77. The molecule has 0 saturated heterocycles. The van der Waals surface area contributed by atoms with Gasteiger partial charge in [-0.3, -0.25) is 14.4 Å². The third kappa shape index (κ3) is 7.19. The molecular formula is C20H24N4O3. The lowest BCUT2D eigenvalue weighted by atomic mass is 10.2. The summed E-state index contributed by atoms with van der Waals surface area (Å²) in [6.45, 7) is 3.47. The molecule has 0 bridgehead atoms. The lowest BCUT2D eigenvalue weighted by molar-refractivity contribution is -0.116. The summed E-state index contributed by atoms with van der Waals surface area (Å²) in [7, 11) is 0. The summed E-state index contributed by atoms with van der Waals surface area (Å²) in [5.41, 5.74) is 2.72. The van der Waals surface area contributed by atoms with E-state index in [1.54, 1.807) is 42.5 Å². The van der Waals surface area contributed by atoms with Crippen LogP contribution < -0.4 is 21.3 Å². The third-order valence-electron chi connectivity index (χ3n) is 3.57. The average Bonchev–Trinajstić information content (AvgIpc) is 2.62. The highest BCUT2D eigenvalue weighted by Crippen LogP contribution is 2.16. The van der Waals surface area contributed by atoms with Crippen molar-refractivity contribution in [3.63, 3.8) is 0 Å². The van der Waals surface area contributed by atoms with Crippen LogP contribution in [-0.4, -0.2) is 24.3 Å². The van der Waals surface area contributed by atoms with Crippen LogP contribution in [0.2, 0.25) is 0 Å². The van der Waals surface area contributed by atoms with E-state index < -0.39 is 0 Å². The third-order valence-corrected chi connectivity index (χ3v) is 3.57. The van der Waals surface area contributed by atoms with Crippen molar-refractivity contribution in [1.82, 2.24) is 0 Å². The maximum atomic E-state index is 12.1. The van der Waals surface area contributed by atoms with Gasteiger partial charge in [-0.15, -0.1) is 0 Å². The molecule has 0 aliphatic heterocycles. The van der Waals surface area contributed by atoms with Gasteiger partial charge in [-0.1, -0.05) is 13.0 Å². The lowest BCUT2D eigenvalue weighted by Gasteiger charge is -2.10. The molecule has 2 rings (SSSR count). The molecule has 0 aliphatic rings.